The Bertz CT molecular complexity index is 1110. The number of carbonyl (C=O) groups excluding carboxylic acids is 1. The van der Waals surface area contributed by atoms with E-state index in [4.69, 9.17) is 16.3 Å². The number of amides is 1. The lowest BCUT2D eigenvalue weighted by Crippen LogP contribution is -2.40. The van der Waals surface area contributed by atoms with Crippen LogP contribution in [0, 0.1) is 0 Å². The van der Waals surface area contributed by atoms with E-state index in [9.17, 15) is 13.2 Å². The van der Waals surface area contributed by atoms with Crippen LogP contribution in [0.3, 0.4) is 0 Å². The monoisotopic (exact) mass is 462 g/mol. The zero-order valence-corrected chi connectivity index (χ0v) is 18.5. The number of benzene rings is 1. The molecule has 0 unspecified atom stereocenters. The third kappa shape index (κ3) is 4.14. The standard InChI is InChI=1S/C21H23ClN4O4S/c22-15-11-23-21(24-12-15)30-17-4-2-16(3-5-17)25-31(28,29)18-9-13-1-6-19(27)26-8-7-14(10-18)20(13)26/h9-12,16-17,25H,1-8H2. The Kier molecular flexibility index (Phi) is 5.35. The molecule has 5 rings (SSSR count). The Morgan fingerprint density at radius 3 is 2.42 bits per heavy atom. The van der Waals surface area contributed by atoms with Gasteiger partial charge in [0, 0.05) is 19.0 Å². The average molecular weight is 463 g/mol. The van der Waals surface area contributed by atoms with E-state index in [0.29, 0.717) is 61.4 Å². The molecule has 0 atom stereocenters. The Balaban J connectivity index is 1.24. The molecule has 1 fully saturated rings. The quantitative estimate of drug-likeness (QED) is 0.732. The summed E-state index contributed by atoms with van der Waals surface area (Å²) < 4.78 is 34.8. The summed E-state index contributed by atoms with van der Waals surface area (Å²) >= 11 is 5.79. The van der Waals surface area contributed by atoms with Gasteiger partial charge in [-0.2, -0.15) is 0 Å². The third-order valence-corrected chi connectivity index (χ3v) is 7.90. The van der Waals surface area contributed by atoms with Gasteiger partial charge >= 0.3 is 6.01 Å². The fraction of sp³-hybridized carbons (Fsp3) is 0.476. The van der Waals surface area contributed by atoms with Crippen LogP contribution in [-0.4, -0.2) is 43.0 Å². The Morgan fingerprint density at radius 2 is 1.71 bits per heavy atom. The maximum atomic E-state index is 13.1. The van der Waals surface area contributed by atoms with Gasteiger partial charge in [0.05, 0.1) is 28.0 Å². The van der Waals surface area contributed by atoms with Crippen molar-refractivity contribution in [2.45, 2.75) is 62.0 Å². The van der Waals surface area contributed by atoms with Crippen molar-refractivity contribution < 1.29 is 17.9 Å². The molecule has 1 aliphatic carbocycles. The molecule has 164 valence electrons. The van der Waals surface area contributed by atoms with Crippen molar-refractivity contribution in [1.29, 1.82) is 0 Å². The number of aryl methyl sites for hydroxylation is 1. The van der Waals surface area contributed by atoms with Crippen molar-refractivity contribution in [3.8, 4) is 6.01 Å². The first-order chi connectivity index (χ1) is 14.9. The molecule has 0 spiro atoms. The summed E-state index contributed by atoms with van der Waals surface area (Å²) in [6, 6.07) is 3.61. The predicted octanol–water partition coefficient (Wildman–Crippen LogP) is 2.63. The van der Waals surface area contributed by atoms with Gasteiger partial charge in [-0.3, -0.25) is 4.79 Å². The second kappa shape index (κ2) is 8.03. The maximum absolute atomic E-state index is 13.1. The highest BCUT2D eigenvalue weighted by Gasteiger charge is 2.34. The number of hydrogen-bond donors (Lipinski definition) is 1. The molecule has 1 aromatic carbocycles. The summed E-state index contributed by atoms with van der Waals surface area (Å²) in [6.45, 7) is 0.638. The van der Waals surface area contributed by atoms with Crippen molar-refractivity contribution in [2.24, 2.45) is 0 Å². The number of nitrogens with one attached hydrogen (secondary N) is 1. The lowest BCUT2D eigenvalue weighted by Gasteiger charge is -2.29. The number of anilines is 1. The van der Waals surface area contributed by atoms with Crippen LogP contribution in [-0.2, 0) is 27.7 Å². The van der Waals surface area contributed by atoms with E-state index in [1.54, 1.807) is 17.0 Å². The number of nitrogens with zero attached hydrogens (tertiary/aromatic N) is 3. The fourth-order valence-electron chi connectivity index (χ4n) is 4.68. The van der Waals surface area contributed by atoms with Gasteiger partial charge in [0.2, 0.25) is 15.9 Å². The Hall–Kier alpha value is -2.23. The van der Waals surface area contributed by atoms with Crippen LogP contribution in [0.25, 0.3) is 0 Å². The van der Waals surface area contributed by atoms with E-state index in [2.05, 4.69) is 14.7 Å². The molecule has 2 aliphatic heterocycles. The molecule has 2 aromatic rings. The molecule has 1 N–H and O–H groups in total. The molecule has 0 bridgehead atoms. The van der Waals surface area contributed by atoms with E-state index in [1.807, 2.05) is 0 Å². The summed E-state index contributed by atoms with van der Waals surface area (Å²) in [5.41, 5.74) is 2.83. The van der Waals surface area contributed by atoms with Crippen LogP contribution in [0.1, 0.15) is 43.2 Å². The number of aromatic nitrogens is 2. The molecule has 3 heterocycles. The number of carbonyl (C=O) groups is 1. The smallest absolute Gasteiger partial charge is 0.316 e. The van der Waals surface area contributed by atoms with Crippen LogP contribution in [0.15, 0.2) is 29.4 Å². The molecule has 0 radical (unpaired) electrons. The normalized spacial score (nSPS) is 23.0. The van der Waals surface area contributed by atoms with Gasteiger partial charge in [0.25, 0.3) is 0 Å². The van der Waals surface area contributed by atoms with Crippen molar-refractivity contribution in [3.05, 3.63) is 40.7 Å². The molecule has 1 amide bonds. The fourth-order valence-corrected chi connectivity index (χ4v) is 6.18. The van der Waals surface area contributed by atoms with Crippen molar-refractivity contribution in [2.75, 3.05) is 11.4 Å². The number of halogens is 1. The minimum absolute atomic E-state index is 0.0464. The summed E-state index contributed by atoms with van der Waals surface area (Å²) in [5, 5.41) is 0.450. The zero-order chi connectivity index (χ0) is 21.6. The van der Waals surface area contributed by atoms with Gasteiger partial charge in [-0.1, -0.05) is 11.6 Å². The van der Waals surface area contributed by atoms with Crippen molar-refractivity contribution >= 4 is 33.2 Å². The number of rotatable bonds is 5. The molecule has 0 saturated heterocycles. The van der Waals surface area contributed by atoms with Crippen LogP contribution in [0.4, 0.5) is 5.69 Å². The predicted molar refractivity (Wildman–Crippen MR) is 115 cm³/mol. The molecular formula is C21H23ClN4O4S. The van der Waals surface area contributed by atoms with Crippen LogP contribution >= 0.6 is 11.6 Å². The van der Waals surface area contributed by atoms with Crippen LogP contribution in [0.5, 0.6) is 6.01 Å². The lowest BCUT2D eigenvalue weighted by atomic mass is 9.94. The highest BCUT2D eigenvalue weighted by molar-refractivity contribution is 7.89. The van der Waals surface area contributed by atoms with E-state index in [1.165, 1.54) is 12.4 Å². The highest BCUT2D eigenvalue weighted by atomic mass is 35.5. The summed E-state index contributed by atoms with van der Waals surface area (Å²) in [7, 11) is -3.64. The minimum Gasteiger partial charge on any atom is -0.460 e. The third-order valence-electron chi connectivity index (χ3n) is 6.20. The van der Waals surface area contributed by atoms with Crippen LogP contribution < -0.4 is 14.4 Å². The van der Waals surface area contributed by atoms with Gasteiger partial charge in [-0.25, -0.2) is 23.1 Å². The average Bonchev–Trinajstić information content (AvgIpc) is 3.19. The maximum Gasteiger partial charge on any atom is 0.316 e. The molecule has 31 heavy (non-hydrogen) atoms. The van der Waals surface area contributed by atoms with E-state index in [-0.39, 0.29) is 24.1 Å². The molecule has 3 aliphatic rings. The second-order valence-corrected chi connectivity index (χ2v) is 10.4. The van der Waals surface area contributed by atoms with Gasteiger partial charge in [0.15, 0.2) is 0 Å². The van der Waals surface area contributed by atoms with Crippen molar-refractivity contribution in [3.63, 3.8) is 0 Å². The molecule has 10 heteroatoms. The summed E-state index contributed by atoms with van der Waals surface area (Å²) in [5.74, 6) is 0.128. The number of hydrogen-bond acceptors (Lipinski definition) is 6. The van der Waals surface area contributed by atoms with E-state index >= 15 is 0 Å². The molecule has 1 aromatic heterocycles. The van der Waals surface area contributed by atoms with Gasteiger partial charge in [0.1, 0.15) is 6.10 Å². The Morgan fingerprint density at radius 1 is 1.03 bits per heavy atom. The van der Waals surface area contributed by atoms with Gasteiger partial charge in [-0.15, -0.1) is 0 Å². The van der Waals surface area contributed by atoms with Gasteiger partial charge < -0.3 is 9.64 Å². The van der Waals surface area contributed by atoms with E-state index in [0.717, 1.165) is 16.8 Å². The molecule has 1 saturated carbocycles. The molecule has 8 nitrogen and oxygen atoms in total. The van der Waals surface area contributed by atoms with Gasteiger partial charge in [-0.05, 0) is 61.8 Å². The van der Waals surface area contributed by atoms with Crippen molar-refractivity contribution in [1.82, 2.24) is 14.7 Å². The molecular weight excluding hydrogens is 440 g/mol. The Labute approximate surface area is 186 Å². The first-order valence-corrected chi connectivity index (χ1v) is 12.4. The van der Waals surface area contributed by atoms with Crippen LogP contribution in [0.2, 0.25) is 5.02 Å². The largest absolute Gasteiger partial charge is 0.460 e. The summed E-state index contributed by atoms with van der Waals surface area (Å²) in [6.07, 6.45) is 7.45. The van der Waals surface area contributed by atoms with E-state index < -0.39 is 10.0 Å². The number of ether oxygens (including phenoxy) is 1. The lowest BCUT2D eigenvalue weighted by molar-refractivity contribution is -0.118. The topological polar surface area (TPSA) is 101 Å². The first kappa shape index (κ1) is 20.7. The SMILES string of the molecule is O=C1CCc2cc(S(=O)(=O)NC3CCC(Oc4ncc(Cl)cn4)CC3)cc3c2N1CC3. The first-order valence-electron chi connectivity index (χ1n) is 10.5. The minimum atomic E-state index is -3.64. The zero-order valence-electron chi connectivity index (χ0n) is 16.9. The number of sulfonamides is 1. The highest BCUT2D eigenvalue weighted by Crippen LogP contribution is 2.38. The summed E-state index contributed by atoms with van der Waals surface area (Å²) in [4.78, 5) is 22.3. The second-order valence-electron chi connectivity index (χ2n) is 8.28.